The van der Waals surface area contributed by atoms with E-state index in [0.717, 1.165) is 16.2 Å². The number of fused-ring (bicyclic) bond motifs is 1. The van der Waals surface area contributed by atoms with Crippen molar-refractivity contribution in [2.45, 2.75) is 23.9 Å². The number of hydrogen-bond donors (Lipinski definition) is 0. The highest BCUT2D eigenvalue weighted by atomic mass is 32.2. The van der Waals surface area contributed by atoms with E-state index in [0.29, 0.717) is 13.2 Å². The molecule has 108 valence electrons. The van der Waals surface area contributed by atoms with Crippen molar-refractivity contribution >= 4 is 28.8 Å². The molecule has 2 rings (SSSR count). The van der Waals surface area contributed by atoms with Gasteiger partial charge >= 0.3 is 5.97 Å². The molecule has 0 spiro atoms. The van der Waals surface area contributed by atoms with Crippen LogP contribution in [0.3, 0.4) is 0 Å². The maximum atomic E-state index is 11.6. The molecule has 0 aliphatic carbocycles. The second-order valence-corrected chi connectivity index (χ2v) is 5.62. The Balaban J connectivity index is 2.33. The molecule has 1 atom stereocenters. The number of para-hydroxylation sites is 2. The van der Waals surface area contributed by atoms with Crippen molar-refractivity contribution in [1.82, 2.24) is 9.55 Å². The molecule has 5 nitrogen and oxygen atoms in total. The van der Waals surface area contributed by atoms with Crippen LogP contribution in [0.2, 0.25) is 0 Å². The topological polar surface area (TPSA) is 53.4 Å². The second-order valence-electron chi connectivity index (χ2n) is 4.31. The van der Waals surface area contributed by atoms with Gasteiger partial charge in [0.15, 0.2) is 5.16 Å². The zero-order chi connectivity index (χ0) is 14.5. The van der Waals surface area contributed by atoms with Gasteiger partial charge in [-0.25, -0.2) is 4.98 Å². The number of benzene rings is 1. The summed E-state index contributed by atoms with van der Waals surface area (Å²) >= 11 is 1.40. The van der Waals surface area contributed by atoms with Gasteiger partial charge in [0.05, 0.1) is 24.8 Å². The van der Waals surface area contributed by atoms with Gasteiger partial charge in [0.2, 0.25) is 0 Å². The molecule has 0 amide bonds. The molecule has 0 saturated carbocycles. The number of rotatable bonds is 6. The third-order valence-corrected chi connectivity index (χ3v) is 4.02. The molecular weight excluding hydrogens is 276 g/mol. The summed E-state index contributed by atoms with van der Waals surface area (Å²) in [6.07, 6.45) is 0. The van der Waals surface area contributed by atoms with Gasteiger partial charge in [0, 0.05) is 13.7 Å². The Morgan fingerprint density at radius 1 is 1.40 bits per heavy atom. The number of imidazole rings is 1. The van der Waals surface area contributed by atoms with E-state index in [-0.39, 0.29) is 11.2 Å². The van der Waals surface area contributed by atoms with Crippen LogP contribution in [0.1, 0.15) is 6.92 Å². The number of aromatic nitrogens is 2. The first-order valence-electron chi connectivity index (χ1n) is 6.36. The normalized spacial score (nSPS) is 12.6. The summed E-state index contributed by atoms with van der Waals surface area (Å²) in [6.45, 7) is 3.12. The molecule has 1 heterocycles. The number of esters is 1. The van der Waals surface area contributed by atoms with E-state index in [9.17, 15) is 4.79 Å². The predicted octanol–water partition coefficient (Wildman–Crippen LogP) is 2.34. The van der Waals surface area contributed by atoms with Crippen LogP contribution < -0.4 is 0 Å². The van der Waals surface area contributed by atoms with Gasteiger partial charge in [-0.1, -0.05) is 23.9 Å². The molecular formula is C14H18N2O3S. The van der Waals surface area contributed by atoms with Crippen molar-refractivity contribution in [3.05, 3.63) is 24.3 Å². The molecule has 0 aliphatic heterocycles. The van der Waals surface area contributed by atoms with Crippen LogP contribution in [-0.2, 0) is 20.8 Å². The van der Waals surface area contributed by atoms with E-state index in [1.54, 1.807) is 7.11 Å². The summed E-state index contributed by atoms with van der Waals surface area (Å²) in [5, 5.41) is 0.513. The minimum Gasteiger partial charge on any atom is -0.468 e. The lowest BCUT2D eigenvalue weighted by Crippen LogP contribution is -2.16. The molecule has 0 N–H and O–H groups in total. The average Bonchev–Trinajstić information content (AvgIpc) is 2.81. The van der Waals surface area contributed by atoms with Gasteiger partial charge in [-0.2, -0.15) is 0 Å². The zero-order valence-corrected chi connectivity index (χ0v) is 12.6. The van der Waals surface area contributed by atoms with E-state index in [4.69, 9.17) is 9.47 Å². The van der Waals surface area contributed by atoms with Crippen molar-refractivity contribution in [3.63, 3.8) is 0 Å². The maximum Gasteiger partial charge on any atom is 0.318 e. The highest BCUT2D eigenvalue weighted by molar-refractivity contribution is 8.00. The number of thioether (sulfide) groups is 1. The Morgan fingerprint density at radius 2 is 2.15 bits per heavy atom. The van der Waals surface area contributed by atoms with Crippen molar-refractivity contribution in [3.8, 4) is 0 Å². The molecule has 0 radical (unpaired) electrons. The lowest BCUT2D eigenvalue weighted by Gasteiger charge is -2.11. The van der Waals surface area contributed by atoms with Crippen molar-refractivity contribution < 1.29 is 14.3 Å². The molecule has 0 bridgehead atoms. The van der Waals surface area contributed by atoms with Gasteiger partial charge in [-0.15, -0.1) is 0 Å². The van der Waals surface area contributed by atoms with E-state index >= 15 is 0 Å². The fraction of sp³-hybridized carbons (Fsp3) is 0.429. The van der Waals surface area contributed by atoms with Crippen molar-refractivity contribution in [2.75, 3.05) is 20.8 Å². The number of nitrogens with zero attached hydrogens (tertiary/aromatic N) is 2. The monoisotopic (exact) mass is 294 g/mol. The molecule has 20 heavy (non-hydrogen) atoms. The summed E-state index contributed by atoms with van der Waals surface area (Å²) in [5.74, 6) is -0.250. The van der Waals surface area contributed by atoms with Gasteiger partial charge < -0.3 is 14.0 Å². The Kier molecular flexibility index (Phi) is 5.03. The number of hydrogen-bond acceptors (Lipinski definition) is 5. The minimum absolute atomic E-state index is 0.250. The summed E-state index contributed by atoms with van der Waals surface area (Å²) in [6, 6.07) is 7.91. The zero-order valence-electron chi connectivity index (χ0n) is 11.8. The van der Waals surface area contributed by atoms with Crippen molar-refractivity contribution in [1.29, 1.82) is 0 Å². The first kappa shape index (κ1) is 14.9. The van der Waals surface area contributed by atoms with Crippen molar-refractivity contribution in [2.24, 2.45) is 0 Å². The van der Waals surface area contributed by atoms with Crippen LogP contribution in [-0.4, -0.2) is 41.6 Å². The maximum absolute atomic E-state index is 11.6. The third kappa shape index (κ3) is 3.13. The lowest BCUT2D eigenvalue weighted by atomic mass is 10.3. The summed E-state index contributed by atoms with van der Waals surface area (Å²) in [7, 11) is 3.07. The first-order chi connectivity index (χ1) is 9.67. The summed E-state index contributed by atoms with van der Waals surface area (Å²) in [5.41, 5.74) is 1.97. The third-order valence-electron chi connectivity index (χ3n) is 2.95. The second kappa shape index (κ2) is 6.76. The van der Waals surface area contributed by atoms with E-state index in [1.165, 1.54) is 18.9 Å². The number of methoxy groups -OCH3 is 2. The number of ether oxygens (including phenoxy) is 2. The van der Waals surface area contributed by atoms with Crippen LogP contribution in [0.5, 0.6) is 0 Å². The molecule has 2 aromatic rings. The summed E-state index contributed by atoms with van der Waals surface area (Å²) in [4.78, 5) is 16.1. The first-order valence-corrected chi connectivity index (χ1v) is 7.24. The average molecular weight is 294 g/mol. The molecule has 1 unspecified atom stereocenters. The largest absolute Gasteiger partial charge is 0.468 e. The predicted molar refractivity (Wildman–Crippen MR) is 78.9 cm³/mol. The molecule has 6 heteroatoms. The van der Waals surface area contributed by atoms with Crippen LogP contribution in [0.4, 0.5) is 0 Å². The molecule has 0 aliphatic rings. The van der Waals surface area contributed by atoms with Crippen LogP contribution >= 0.6 is 11.8 Å². The van der Waals surface area contributed by atoms with Crippen LogP contribution in [0.25, 0.3) is 11.0 Å². The standard InChI is InChI=1S/C14H18N2O3S/c1-10(13(17)19-3)20-14-15-11-6-4-5-7-12(11)16(14)8-9-18-2/h4-7,10H,8-9H2,1-3H3. The van der Waals surface area contributed by atoms with E-state index in [2.05, 4.69) is 9.55 Å². The van der Waals surface area contributed by atoms with Crippen LogP contribution in [0.15, 0.2) is 29.4 Å². The lowest BCUT2D eigenvalue weighted by molar-refractivity contribution is -0.139. The van der Waals surface area contributed by atoms with E-state index in [1.807, 2.05) is 31.2 Å². The van der Waals surface area contributed by atoms with E-state index < -0.39 is 0 Å². The SMILES string of the molecule is COCCn1c(SC(C)C(=O)OC)nc2ccccc21. The highest BCUT2D eigenvalue weighted by Crippen LogP contribution is 2.27. The minimum atomic E-state index is -0.293. The fourth-order valence-corrected chi connectivity index (χ4v) is 2.89. The fourth-order valence-electron chi connectivity index (χ4n) is 1.91. The summed E-state index contributed by atoms with van der Waals surface area (Å²) < 4.78 is 12.0. The van der Waals surface area contributed by atoms with Gasteiger partial charge in [0.1, 0.15) is 5.25 Å². The Morgan fingerprint density at radius 3 is 2.85 bits per heavy atom. The number of carbonyl (C=O) groups excluding carboxylic acids is 1. The number of carbonyl (C=O) groups is 1. The Labute approximate surface area is 122 Å². The molecule has 0 saturated heterocycles. The Bertz CT molecular complexity index is 597. The molecule has 1 aromatic carbocycles. The smallest absolute Gasteiger partial charge is 0.318 e. The highest BCUT2D eigenvalue weighted by Gasteiger charge is 2.19. The van der Waals surface area contributed by atoms with Gasteiger partial charge in [-0.05, 0) is 19.1 Å². The Hall–Kier alpha value is -1.53. The van der Waals surface area contributed by atoms with Crippen LogP contribution in [0, 0.1) is 0 Å². The quantitative estimate of drug-likeness (QED) is 0.604. The van der Waals surface area contributed by atoms with Gasteiger partial charge in [0.25, 0.3) is 0 Å². The van der Waals surface area contributed by atoms with Gasteiger partial charge in [-0.3, -0.25) is 4.79 Å². The molecule has 0 fully saturated rings. The molecule has 1 aromatic heterocycles.